The average molecular weight is 372 g/mol. The van der Waals surface area contributed by atoms with E-state index in [0.717, 1.165) is 35.2 Å². The molecule has 1 fully saturated rings. The molecule has 136 valence electrons. The maximum atomic E-state index is 6.46. The maximum absolute atomic E-state index is 6.46. The highest BCUT2D eigenvalue weighted by molar-refractivity contribution is 6.33. The molecule has 0 atom stereocenters. The van der Waals surface area contributed by atoms with E-state index in [1.807, 2.05) is 30.3 Å². The molecule has 2 aromatic heterocycles. The van der Waals surface area contributed by atoms with Gasteiger partial charge in [-0.15, -0.1) is 0 Å². The van der Waals surface area contributed by atoms with Gasteiger partial charge in [0.05, 0.1) is 17.3 Å². The van der Waals surface area contributed by atoms with E-state index >= 15 is 0 Å². The first-order valence-corrected chi connectivity index (χ1v) is 9.42. The van der Waals surface area contributed by atoms with Gasteiger partial charge in [0.2, 0.25) is 0 Å². The van der Waals surface area contributed by atoms with E-state index in [2.05, 4.69) is 15.0 Å². The molecule has 6 heteroatoms. The molecule has 0 aliphatic heterocycles. The third kappa shape index (κ3) is 3.69. The molecule has 1 aromatic carbocycles. The number of rotatable bonds is 5. The van der Waals surface area contributed by atoms with Crippen molar-refractivity contribution in [2.24, 2.45) is 0 Å². The summed E-state index contributed by atoms with van der Waals surface area (Å²) in [5, 5.41) is 0.577. The first-order valence-electron chi connectivity index (χ1n) is 9.04. The molecule has 2 heterocycles. The molecule has 0 spiro atoms. The van der Waals surface area contributed by atoms with E-state index in [4.69, 9.17) is 21.1 Å². The smallest absolute Gasteiger partial charge is 0.296 e. The van der Waals surface area contributed by atoms with Crippen molar-refractivity contribution in [1.29, 1.82) is 0 Å². The van der Waals surface area contributed by atoms with E-state index in [-0.39, 0.29) is 6.10 Å². The number of nitrogens with zero attached hydrogens (tertiary/aromatic N) is 2. The summed E-state index contributed by atoms with van der Waals surface area (Å²) < 4.78 is 11.2. The Kier molecular flexibility index (Phi) is 5.09. The summed E-state index contributed by atoms with van der Waals surface area (Å²) >= 11 is 6.46. The lowest BCUT2D eigenvalue weighted by atomic mass is 9.98. The fraction of sp³-hybridized carbons (Fsp3) is 0.400. The number of halogens is 1. The van der Waals surface area contributed by atoms with Crippen molar-refractivity contribution in [3.63, 3.8) is 0 Å². The average Bonchev–Trinajstić information content (AvgIpc) is 3.04. The number of hydrogen-bond donors (Lipinski definition) is 1. The Labute approximate surface area is 157 Å². The summed E-state index contributed by atoms with van der Waals surface area (Å²) in [6, 6.07) is 10.4. The van der Waals surface area contributed by atoms with Crippen LogP contribution in [-0.4, -0.2) is 28.2 Å². The van der Waals surface area contributed by atoms with Gasteiger partial charge in [-0.3, -0.25) is 4.98 Å². The number of pyridine rings is 1. The molecule has 1 aliphatic rings. The summed E-state index contributed by atoms with van der Waals surface area (Å²) in [5.41, 5.74) is 4.21. The lowest BCUT2D eigenvalue weighted by molar-refractivity contribution is 0.143. The second-order valence-corrected chi connectivity index (χ2v) is 7.14. The molecule has 0 radical (unpaired) electrons. The highest BCUT2D eigenvalue weighted by Crippen LogP contribution is 2.30. The molecular formula is C20H22ClN3O2. The van der Waals surface area contributed by atoms with Crippen LogP contribution >= 0.6 is 11.6 Å². The zero-order chi connectivity index (χ0) is 17.9. The first-order chi connectivity index (χ1) is 12.7. The zero-order valence-corrected chi connectivity index (χ0v) is 15.6. The largest absolute Gasteiger partial charge is 0.461 e. The van der Waals surface area contributed by atoms with Crippen LogP contribution < -0.4 is 4.74 Å². The Hall–Kier alpha value is -2.11. The molecule has 1 N–H and O–H groups in total. The van der Waals surface area contributed by atoms with Gasteiger partial charge in [-0.05, 0) is 37.3 Å². The molecule has 3 aromatic rings. The van der Waals surface area contributed by atoms with Crippen molar-refractivity contribution in [2.75, 3.05) is 7.11 Å². The van der Waals surface area contributed by atoms with E-state index in [1.165, 1.54) is 19.3 Å². The lowest BCUT2D eigenvalue weighted by Gasteiger charge is -2.21. The number of H-pyrrole nitrogens is 1. The van der Waals surface area contributed by atoms with Crippen LogP contribution in [0.3, 0.4) is 0 Å². The van der Waals surface area contributed by atoms with Crippen LogP contribution in [0.15, 0.2) is 30.3 Å². The fourth-order valence-electron chi connectivity index (χ4n) is 3.42. The van der Waals surface area contributed by atoms with Crippen LogP contribution in [0.1, 0.15) is 37.7 Å². The van der Waals surface area contributed by atoms with E-state index in [9.17, 15) is 0 Å². The minimum atomic E-state index is 0.243. The van der Waals surface area contributed by atoms with Crippen molar-refractivity contribution in [3.05, 3.63) is 40.9 Å². The number of imidazole rings is 1. The molecule has 26 heavy (non-hydrogen) atoms. The molecule has 0 unspecified atom stereocenters. The number of benzene rings is 1. The van der Waals surface area contributed by atoms with E-state index < -0.39 is 0 Å². The number of hydrogen-bond acceptors (Lipinski definition) is 4. The molecule has 1 saturated carbocycles. The Morgan fingerprint density at radius 1 is 1.12 bits per heavy atom. The first kappa shape index (κ1) is 17.3. The quantitative estimate of drug-likeness (QED) is 0.674. The fourth-order valence-corrected chi connectivity index (χ4v) is 3.67. The monoisotopic (exact) mass is 371 g/mol. The summed E-state index contributed by atoms with van der Waals surface area (Å²) in [6.07, 6.45) is 6.15. The van der Waals surface area contributed by atoms with Gasteiger partial charge >= 0.3 is 0 Å². The number of methoxy groups -OCH3 is 1. The number of fused-ring (bicyclic) bond motifs is 1. The molecule has 1 aliphatic carbocycles. The van der Waals surface area contributed by atoms with Gasteiger partial charge in [0.15, 0.2) is 5.65 Å². The van der Waals surface area contributed by atoms with Crippen molar-refractivity contribution < 1.29 is 9.47 Å². The third-order valence-electron chi connectivity index (χ3n) is 4.77. The third-order valence-corrected chi connectivity index (χ3v) is 5.06. The Morgan fingerprint density at radius 3 is 2.62 bits per heavy atom. The van der Waals surface area contributed by atoms with Crippen LogP contribution in [0.5, 0.6) is 6.01 Å². The predicted molar refractivity (Wildman–Crippen MR) is 103 cm³/mol. The summed E-state index contributed by atoms with van der Waals surface area (Å²) in [5.74, 6) is 0. The van der Waals surface area contributed by atoms with Gasteiger partial charge in [-0.1, -0.05) is 42.3 Å². The van der Waals surface area contributed by atoms with Gasteiger partial charge in [-0.25, -0.2) is 4.98 Å². The highest BCUT2D eigenvalue weighted by Gasteiger charge is 2.18. The van der Waals surface area contributed by atoms with Crippen LogP contribution in [-0.2, 0) is 11.3 Å². The second-order valence-electron chi connectivity index (χ2n) is 6.74. The van der Waals surface area contributed by atoms with Crippen molar-refractivity contribution >= 4 is 22.8 Å². The van der Waals surface area contributed by atoms with Crippen molar-refractivity contribution in [2.45, 2.75) is 44.8 Å². The number of aromatic amines is 1. The van der Waals surface area contributed by atoms with Crippen LogP contribution in [0.4, 0.5) is 0 Å². The minimum Gasteiger partial charge on any atom is -0.461 e. The van der Waals surface area contributed by atoms with Crippen molar-refractivity contribution in [1.82, 2.24) is 15.0 Å². The SMILES string of the molecule is COCc1ccc(-c2nc3[nH]c(OC4CCCCC4)nc3cc2Cl)cc1. The topological polar surface area (TPSA) is 60.0 Å². The lowest BCUT2D eigenvalue weighted by Crippen LogP contribution is -2.20. The number of nitrogens with one attached hydrogen (secondary N) is 1. The molecule has 5 nitrogen and oxygen atoms in total. The van der Waals surface area contributed by atoms with Gasteiger partial charge in [0.1, 0.15) is 11.6 Å². The summed E-state index contributed by atoms with van der Waals surface area (Å²) in [7, 11) is 1.69. The van der Waals surface area contributed by atoms with E-state index in [0.29, 0.717) is 23.3 Å². The minimum absolute atomic E-state index is 0.243. The van der Waals surface area contributed by atoms with Crippen LogP contribution in [0.2, 0.25) is 5.02 Å². The number of aromatic nitrogens is 3. The molecule has 0 amide bonds. The van der Waals surface area contributed by atoms with Crippen LogP contribution in [0, 0.1) is 0 Å². The highest BCUT2D eigenvalue weighted by atomic mass is 35.5. The molecule has 0 saturated heterocycles. The van der Waals surface area contributed by atoms with Gasteiger partial charge in [0, 0.05) is 12.7 Å². The zero-order valence-electron chi connectivity index (χ0n) is 14.8. The standard InChI is InChI=1S/C20H22ClN3O2/c1-25-12-13-7-9-14(10-8-13)18-16(21)11-17-19(23-18)24-20(22-17)26-15-5-3-2-4-6-15/h7-11,15H,2-6,12H2,1H3,(H,22,23,24). The van der Waals surface area contributed by atoms with E-state index in [1.54, 1.807) is 7.11 Å². The summed E-state index contributed by atoms with van der Waals surface area (Å²) in [4.78, 5) is 12.4. The Bertz CT molecular complexity index is 886. The second kappa shape index (κ2) is 7.64. The normalized spacial score (nSPS) is 15.5. The maximum Gasteiger partial charge on any atom is 0.296 e. The van der Waals surface area contributed by atoms with Gasteiger partial charge in [-0.2, -0.15) is 4.98 Å². The van der Waals surface area contributed by atoms with Gasteiger partial charge in [0.25, 0.3) is 6.01 Å². The summed E-state index contributed by atoms with van der Waals surface area (Å²) in [6.45, 7) is 0.586. The Balaban J connectivity index is 1.60. The molecule has 0 bridgehead atoms. The van der Waals surface area contributed by atoms with Gasteiger partial charge < -0.3 is 9.47 Å². The van der Waals surface area contributed by atoms with Crippen LogP contribution in [0.25, 0.3) is 22.4 Å². The molecular weight excluding hydrogens is 350 g/mol. The number of ether oxygens (including phenoxy) is 2. The van der Waals surface area contributed by atoms with Crippen molar-refractivity contribution in [3.8, 4) is 17.3 Å². The molecule has 4 rings (SSSR count). The Morgan fingerprint density at radius 2 is 1.88 bits per heavy atom. The predicted octanol–water partition coefficient (Wildman–Crippen LogP) is 5.14.